The minimum absolute atomic E-state index is 0.0799. The van der Waals surface area contributed by atoms with Crippen molar-refractivity contribution in [2.45, 2.75) is 56.9 Å². The molecule has 1 atom stereocenters. The largest absolute Gasteiger partial charge is 0.294 e. The molecule has 8 rings (SSSR count). The van der Waals surface area contributed by atoms with Crippen molar-refractivity contribution in [2.75, 3.05) is 0 Å². The third-order valence-electron chi connectivity index (χ3n) is 10.4. The molecule has 1 unspecified atom stereocenters. The van der Waals surface area contributed by atoms with Gasteiger partial charge >= 0.3 is 0 Å². The molecule has 2 bridgehead atoms. The number of ketones is 1. The van der Waals surface area contributed by atoms with Gasteiger partial charge in [-0.2, -0.15) is 0 Å². The van der Waals surface area contributed by atoms with Gasteiger partial charge in [0.05, 0.1) is 0 Å². The fourth-order valence-electron chi connectivity index (χ4n) is 8.15. The van der Waals surface area contributed by atoms with Gasteiger partial charge in [-0.1, -0.05) is 134 Å². The van der Waals surface area contributed by atoms with Crippen molar-refractivity contribution in [1.82, 2.24) is 0 Å². The smallest absolute Gasteiger partial charge is 0.169 e. The zero-order valence-corrected chi connectivity index (χ0v) is 26.2. The molecule has 1 radical (unpaired) electrons. The molecule has 0 saturated heterocycles. The number of benzene rings is 5. The van der Waals surface area contributed by atoms with Crippen LogP contribution in [0, 0.1) is 17.2 Å². The molecule has 5 aromatic rings. The van der Waals surface area contributed by atoms with E-state index < -0.39 is 14.2 Å². The van der Waals surface area contributed by atoms with E-state index in [-0.39, 0.29) is 22.4 Å². The highest BCUT2D eigenvalue weighted by Gasteiger charge is 2.70. The van der Waals surface area contributed by atoms with Gasteiger partial charge < -0.3 is 0 Å². The van der Waals surface area contributed by atoms with E-state index in [2.05, 4.69) is 99.6 Å². The average Bonchev–Trinajstić information content (AvgIpc) is 3.51. The maximum atomic E-state index is 14.9. The molecule has 0 N–H and O–H groups in total. The Morgan fingerprint density at radius 1 is 0.744 bits per heavy atom. The van der Waals surface area contributed by atoms with Gasteiger partial charge in [-0.25, -0.2) is 4.39 Å². The molecule has 3 saturated carbocycles. The van der Waals surface area contributed by atoms with Crippen LogP contribution in [0.25, 0.3) is 10.8 Å². The van der Waals surface area contributed by atoms with Crippen molar-refractivity contribution in [3.05, 3.63) is 144 Å². The summed E-state index contributed by atoms with van der Waals surface area (Å²) in [5, 5.41) is 4.96. The molecule has 0 spiro atoms. The summed E-state index contributed by atoms with van der Waals surface area (Å²) >= 11 is 0. The summed E-state index contributed by atoms with van der Waals surface area (Å²) in [6, 6.07) is 42.6. The van der Waals surface area contributed by atoms with Gasteiger partial charge in [0.15, 0.2) is 5.78 Å². The van der Waals surface area contributed by atoms with Gasteiger partial charge in [0.2, 0.25) is 0 Å². The summed E-state index contributed by atoms with van der Waals surface area (Å²) in [7, 11) is -1.30. The van der Waals surface area contributed by atoms with Crippen molar-refractivity contribution in [3.8, 4) is 0 Å². The lowest BCUT2D eigenvalue weighted by Crippen LogP contribution is -2.54. The fraction of sp³-hybridized carbons (Fsp3) is 0.275. The molecule has 215 valence electrons. The summed E-state index contributed by atoms with van der Waals surface area (Å²) in [4.78, 5) is 14.9. The number of hydrogen-bond donors (Lipinski definition) is 0. The van der Waals surface area contributed by atoms with Crippen molar-refractivity contribution < 1.29 is 9.18 Å². The molecular formula is C40H38FOSi. The molecule has 3 fully saturated rings. The van der Waals surface area contributed by atoms with E-state index in [9.17, 15) is 9.18 Å². The Labute approximate surface area is 256 Å². The highest BCUT2D eigenvalue weighted by atomic mass is 28.3. The van der Waals surface area contributed by atoms with Crippen LogP contribution in [0.2, 0.25) is 6.04 Å². The van der Waals surface area contributed by atoms with Crippen molar-refractivity contribution in [3.63, 3.8) is 0 Å². The molecule has 0 amide bonds. The van der Waals surface area contributed by atoms with Gasteiger partial charge in [-0.3, -0.25) is 4.79 Å². The summed E-state index contributed by atoms with van der Waals surface area (Å²) in [5.41, 5.74) is 2.47. The third-order valence-corrected chi connectivity index (χ3v) is 13.4. The van der Waals surface area contributed by atoms with E-state index in [0.717, 1.165) is 47.2 Å². The number of hydrogen-bond acceptors (Lipinski definition) is 1. The van der Waals surface area contributed by atoms with E-state index in [0.29, 0.717) is 5.92 Å². The lowest BCUT2D eigenvalue weighted by atomic mass is 9.55. The molecule has 0 heterocycles. The van der Waals surface area contributed by atoms with Crippen LogP contribution in [-0.2, 0) is 10.8 Å². The quantitative estimate of drug-likeness (QED) is 0.139. The van der Waals surface area contributed by atoms with Crippen LogP contribution in [0.3, 0.4) is 0 Å². The number of halogens is 1. The third kappa shape index (κ3) is 4.69. The Morgan fingerprint density at radius 2 is 1.37 bits per heavy atom. The highest BCUT2D eigenvalue weighted by molar-refractivity contribution is 6.85. The molecule has 0 aliphatic heterocycles. The first-order valence-electron chi connectivity index (χ1n) is 15.5. The number of fused-ring (bicyclic) bond motifs is 2. The predicted molar refractivity (Wildman–Crippen MR) is 178 cm³/mol. The van der Waals surface area contributed by atoms with Crippen LogP contribution in [0.4, 0.5) is 4.39 Å². The summed E-state index contributed by atoms with van der Waals surface area (Å²) in [6.07, 6.45) is 2.78. The van der Waals surface area contributed by atoms with Gasteiger partial charge in [-0.15, -0.1) is 0 Å². The maximum Gasteiger partial charge on any atom is 0.169 e. The Hall–Kier alpha value is -3.82. The van der Waals surface area contributed by atoms with Gasteiger partial charge in [0.25, 0.3) is 0 Å². The topological polar surface area (TPSA) is 17.1 Å². The van der Waals surface area contributed by atoms with E-state index in [1.807, 2.05) is 30.3 Å². The first-order chi connectivity index (χ1) is 20.7. The summed E-state index contributed by atoms with van der Waals surface area (Å²) in [6.45, 7) is 6.76. The van der Waals surface area contributed by atoms with Crippen LogP contribution < -0.4 is 10.4 Å². The lowest BCUT2D eigenvalue weighted by molar-refractivity contribution is 0.0504. The van der Waals surface area contributed by atoms with E-state index in [1.165, 1.54) is 15.9 Å². The molecule has 3 heteroatoms. The second kappa shape index (κ2) is 10.4. The van der Waals surface area contributed by atoms with E-state index in [1.54, 1.807) is 12.1 Å². The molecule has 0 aromatic heterocycles. The minimum atomic E-state index is -1.30. The first-order valence-corrected chi connectivity index (χ1v) is 17.2. The number of carbonyl (C=O) groups excluding carboxylic acids is 1. The van der Waals surface area contributed by atoms with Crippen LogP contribution in [0.15, 0.2) is 121 Å². The Balaban J connectivity index is 1.37. The molecule has 1 nitrogen and oxygen atoms in total. The fourth-order valence-corrected chi connectivity index (χ4v) is 11.3. The van der Waals surface area contributed by atoms with Crippen molar-refractivity contribution in [1.29, 1.82) is 0 Å². The number of Topliss-reactive ketones (excluding diaryl/α,β-unsaturated/α-hetero) is 1. The maximum absolute atomic E-state index is 14.9. The van der Waals surface area contributed by atoms with Crippen molar-refractivity contribution in [2.24, 2.45) is 11.3 Å². The standard InChI is InChI=1S/C40H38FOSi/c1-38(2,3)32-17-21-36(22-18-32)43(35-11-5-4-6-12-35)27-40(33-15-19-34(41)20-16-33)26-28-24-39(40,25-28)37(42)31-14-13-29-9-7-8-10-30(29)23-31/h4-23,28H,24-27H2,1-3H3. The van der Waals surface area contributed by atoms with Crippen LogP contribution in [0.1, 0.15) is 61.5 Å². The Morgan fingerprint density at radius 3 is 2.05 bits per heavy atom. The molecule has 3 aliphatic carbocycles. The molecule has 5 aromatic carbocycles. The van der Waals surface area contributed by atoms with Crippen LogP contribution in [0.5, 0.6) is 0 Å². The average molecular weight is 582 g/mol. The zero-order chi connectivity index (χ0) is 29.8. The van der Waals surface area contributed by atoms with E-state index >= 15 is 0 Å². The number of carbonyl (C=O) groups is 1. The Bertz CT molecular complexity index is 1780. The SMILES string of the molecule is CC(C)(C)c1ccc([Si](CC2(c3ccc(F)cc3)CC3CC2(C(=O)c2ccc4ccccc4c2)C3)c2ccccc2)cc1. The van der Waals surface area contributed by atoms with E-state index in [4.69, 9.17) is 0 Å². The van der Waals surface area contributed by atoms with Crippen molar-refractivity contribution >= 4 is 35.7 Å². The monoisotopic (exact) mass is 581 g/mol. The zero-order valence-electron chi connectivity index (χ0n) is 25.2. The van der Waals surface area contributed by atoms with Crippen LogP contribution >= 0.6 is 0 Å². The molecule has 43 heavy (non-hydrogen) atoms. The summed E-state index contributed by atoms with van der Waals surface area (Å²) < 4.78 is 14.3. The summed E-state index contributed by atoms with van der Waals surface area (Å²) in [5.74, 6) is 0.538. The highest BCUT2D eigenvalue weighted by Crippen LogP contribution is 2.72. The predicted octanol–water partition coefficient (Wildman–Crippen LogP) is 8.51. The normalized spacial score (nSPS) is 23.0. The van der Waals surface area contributed by atoms with Gasteiger partial charge in [0, 0.05) is 16.4 Å². The van der Waals surface area contributed by atoms with Crippen LogP contribution in [-0.4, -0.2) is 14.6 Å². The Kier molecular flexibility index (Phi) is 6.78. The minimum Gasteiger partial charge on any atom is -0.294 e. The molecule has 3 aliphatic rings. The first kappa shape index (κ1) is 28.0. The second-order valence-electron chi connectivity index (χ2n) is 13.9. The number of rotatable bonds is 7. The second-order valence-corrected chi connectivity index (χ2v) is 16.4. The van der Waals surface area contributed by atoms with Gasteiger partial charge in [-0.05, 0) is 76.7 Å². The molecular weight excluding hydrogens is 544 g/mol. The van der Waals surface area contributed by atoms with Gasteiger partial charge in [0.1, 0.15) is 14.6 Å². The lowest BCUT2D eigenvalue weighted by Gasteiger charge is -2.48.